The minimum Gasteiger partial charge on any atom is -0.506 e. The van der Waals surface area contributed by atoms with Gasteiger partial charge >= 0.3 is 0 Å². The molecule has 3 aromatic rings. The van der Waals surface area contributed by atoms with E-state index in [1.807, 2.05) is 18.2 Å². The first-order valence-corrected chi connectivity index (χ1v) is 7.18. The highest BCUT2D eigenvalue weighted by Gasteiger charge is 2.09. The minimum absolute atomic E-state index is 0.0143. The summed E-state index contributed by atoms with van der Waals surface area (Å²) in [7, 11) is 1.50. The number of nitrogens with zero attached hydrogens (tertiary/aromatic N) is 2. The highest BCUT2D eigenvalue weighted by Crippen LogP contribution is 2.27. The van der Waals surface area contributed by atoms with Crippen LogP contribution in [0.15, 0.2) is 48.5 Å². The van der Waals surface area contributed by atoms with E-state index < -0.39 is 4.92 Å². The molecule has 0 bridgehead atoms. The van der Waals surface area contributed by atoms with Gasteiger partial charge in [0.2, 0.25) is 0 Å². The lowest BCUT2D eigenvalue weighted by Crippen LogP contribution is -1.92. The number of pyridine rings is 1. The van der Waals surface area contributed by atoms with Crippen molar-refractivity contribution in [1.82, 2.24) is 4.98 Å². The van der Waals surface area contributed by atoms with E-state index in [1.165, 1.54) is 19.2 Å². The third kappa shape index (κ3) is 3.03. The van der Waals surface area contributed by atoms with Crippen LogP contribution < -0.4 is 4.74 Å². The third-order valence-corrected chi connectivity index (χ3v) is 3.58. The van der Waals surface area contributed by atoms with E-state index in [0.717, 1.165) is 5.39 Å². The van der Waals surface area contributed by atoms with Crippen LogP contribution in [0.4, 0.5) is 5.69 Å². The number of phenolic OH excluding ortho intramolecular Hbond substituents is 1. The number of ether oxygens (including phenoxy) is 1. The molecule has 0 aliphatic rings. The fourth-order valence-electron chi connectivity index (χ4n) is 2.38. The summed E-state index contributed by atoms with van der Waals surface area (Å²) in [4.78, 5) is 14.8. The second-order valence-electron chi connectivity index (χ2n) is 5.10. The molecule has 1 N–H and O–H groups in total. The van der Waals surface area contributed by atoms with Gasteiger partial charge in [-0.05, 0) is 30.4 Å². The lowest BCUT2D eigenvalue weighted by atomic mass is 10.1. The summed E-state index contributed by atoms with van der Waals surface area (Å²) in [5, 5.41) is 21.6. The largest absolute Gasteiger partial charge is 0.506 e. The third-order valence-electron chi connectivity index (χ3n) is 3.58. The van der Waals surface area contributed by atoms with Gasteiger partial charge in [-0.3, -0.25) is 10.1 Å². The van der Waals surface area contributed by atoms with Crippen LogP contribution >= 0.6 is 0 Å². The van der Waals surface area contributed by atoms with Crippen LogP contribution in [0, 0.1) is 10.1 Å². The summed E-state index contributed by atoms with van der Waals surface area (Å²) < 4.78 is 5.22. The molecule has 3 rings (SSSR count). The smallest absolute Gasteiger partial charge is 0.270 e. The van der Waals surface area contributed by atoms with Crippen LogP contribution in [0.25, 0.3) is 23.1 Å². The number of methoxy groups -OCH3 is 1. The first kappa shape index (κ1) is 15.5. The molecular formula is C18H14N2O4. The van der Waals surface area contributed by atoms with Gasteiger partial charge in [0.1, 0.15) is 17.0 Å². The summed E-state index contributed by atoms with van der Waals surface area (Å²) >= 11 is 0. The van der Waals surface area contributed by atoms with Crippen molar-refractivity contribution < 1.29 is 14.8 Å². The topological polar surface area (TPSA) is 85.5 Å². The van der Waals surface area contributed by atoms with Gasteiger partial charge in [-0.1, -0.05) is 18.2 Å². The van der Waals surface area contributed by atoms with Gasteiger partial charge in [-0.2, -0.15) is 0 Å². The number of hydrogen-bond donors (Lipinski definition) is 1. The number of para-hydroxylation sites is 1. The summed E-state index contributed by atoms with van der Waals surface area (Å²) in [6, 6.07) is 13.2. The summed E-state index contributed by atoms with van der Waals surface area (Å²) in [5.74, 6) is 0.635. The number of aromatic hydroxyl groups is 1. The molecular weight excluding hydrogens is 308 g/mol. The number of nitro groups is 1. The van der Waals surface area contributed by atoms with Crippen molar-refractivity contribution in [3.05, 3.63) is 69.9 Å². The van der Waals surface area contributed by atoms with Gasteiger partial charge in [-0.15, -0.1) is 0 Å². The normalized spacial score (nSPS) is 11.0. The molecule has 0 amide bonds. The highest BCUT2D eigenvalue weighted by atomic mass is 16.6. The molecule has 0 saturated carbocycles. The van der Waals surface area contributed by atoms with E-state index in [-0.39, 0.29) is 11.4 Å². The Morgan fingerprint density at radius 2 is 2.00 bits per heavy atom. The number of hydrogen-bond acceptors (Lipinski definition) is 5. The Balaban J connectivity index is 2.00. The Morgan fingerprint density at radius 3 is 2.75 bits per heavy atom. The quantitative estimate of drug-likeness (QED) is 0.579. The Kier molecular flexibility index (Phi) is 4.11. The lowest BCUT2D eigenvalue weighted by Gasteiger charge is -2.04. The first-order valence-electron chi connectivity index (χ1n) is 7.18. The maximum absolute atomic E-state index is 10.9. The van der Waals surface area contributed by atoms with Crippen LogP contribution in [0.2, 0.25) is 0 Å². The molecule has 120 valence electrons. The van der Waals surface area contributed by atoms with Crippen LogP contribution in [0.1, 0.15) is 11.3 Å². The summed E-state index contributed by atoms with van der Waals surface area (Å²) in [6.07, 6.45) is 3.41. The van der Waals surface area contributed by atoms with Crippen molar-refractivity contribution in [3.63, 3.8) is 0 Å². The molecule has 0 spiro atoms. The van der Waals surface area contributed by atoms with E-state index in [4.69, 9.17) is 4.74 Å². The maximum Gasteiger partial charge on any atom is 0.270 e. The number of nitro benzene ring substituents is 1. The van der Waals surface area contributed by atoms with E-state index in [1.54, 1.807) is 30.4 Å². The Hall–Kier alpha value is -3.41. The van der Waals surface area contributed by atoms with Crippen molar-refractivity contribution >= 4 is 28.7 Å². The van der Waals surface area contributed by atoms with Crippen LogP contribution in [0.3, 0.4) is 0 Å². The molecule has 1 heterocycles. The zero-order valence-corrected chi connectivity index (χ0v) is 12.8. The average Bonchev–Trinajstić information content (AvgIpc) is 2.60. The van der Waals surface area contributed by atoms with E-state index in [0.29, 0.717) is 22.5 Å². The standard InChI is InChI=1S/C18H14N2O4/c1-24-17-10-9-15(20(22)23)11-13(17)6-8-14-7-5-12-3-2-4-16(21)18(12)19-14/h2-11,21H,1H3/b8-6+. The Labute approximate surface area is 137 Å². The number of non-ortho nitro benzene ring substituents is 1. The molecule has 0 atom stereocenters. The number of benzene rings is 2. The fourth-order valence-corrected chi connectivity index (χ4v) is 2.38. The van der Waals surface area contributed by atoms with Crippen molar-refractivity contribution in [2.45, 2.75) is 0 Å². The molecule has 0 saturated heterocycles. The van der Waals surface area contributed by atoms with Crippen molar-refractivity contribution in [1.29, 1.82) is 0 Å². The zero-order chi connectivity index (χ0) is 17.1. The molecule has 6 heteroatoms. The second kappa shape index (κ2) is 6.37. The van der Waals surface area contributed by atoms with E-state index in [2.05, 4.69) is 4.98 Å². The molecule has 0 aliphatic heterocycles. The molecule has 1 aromatic heterocycles. The number of fused-ring (bicyclic) bond motifs is 1. The average molecular weight is 322 g/mol. The molecule has 2 aromatic carbocycles. The minimum atomic E-state index is -0.455. The van der Waals surface area contributed by atoms with Crippen LogP contribution in [0.5, 0.6) is 11.5 Å². The van der Waals surface area contributed by atoms with Gasteiger partial charge in [0.05, 0.1) is 17.7 Å². The predicted octanol–water partition coefficient (Wildman–Crippen LogP) is 4.03. The molecule has 0 fully saturated rings. The van der Waals surface area contributed by atoms with E-state index in [9.17, 15) is 15.2 Å². The monoisotopic (exact) mass is 322 g/mol. The van der Waals surface area contributed by atoms with Crippen molar-refractivity contribution in [3.8, 4) is 11.5 Å². The Morgan fingerprint density at radius 1 is 1.17 bits per heavy atom. The number of rotatable bonds is 4. The van der Waals surface area contributed by atoms with Gasteiger partial charge < -0.3 is 9.84 Å². The number of phenols is 1. The van der Waals surface area contributed by atoms with Gasteiger partial charge in [-0.25, -0.2) is 4.98 Å². The Bertz CT molecular complexity index is 951. The van der Waals surface area contributed by atoms with Gasteiger partial charge in [0.25, 0.3) is 5.69 Å². The van der Waals surface area contributed by atoms with Crippen LogP contribution in [-0.2, 0) is 0 Å². The molecule has 0 unspecified atom stereocenters. The highest BCUT2D eigenvalue weighted by molar-refractivity contribution is 5.86. The molecule has 24 heavy (non-hydrogen) atoms. The van der Waals surface area contributed by atoms with E-state index >= 15 is 0 Å². The fraction of sp³-hybridized carbons (Fsp3) is 0.0556. The summed E-state index contributed by atoms with van der Waals surface area (Å²) in [6.45, 7) is 0. The SMILES string of the molecule is COc1ccc([N+](=O)[O-])cc1/C=C/c1ccc2cccc(O)c2n1. The molecule has 0 aliphatic carbocycles. The lowest BCUT2D eigenvalue weighted by molar-refractivity contribution is -0.384. The second-order valence-corrected chi connectivity index (χ2v) is 5.10. The van der Waals surface area contributed by atoms with Crippen molar-refractivity contribution in [2.75, 3.05) is 7.11 Å². The maximum atomic E-state index is 10.9. The summed E-state index contributed by atoms with van der Waals surface area (Å²) in [5.41, 5.74) is 1.69. The van der Waals surface area contributed by atoms with Gasteiger partial charge in [0, 0.05) is 23.1 Å². The van der Waals surface area contributed by atoms with Gasteiger partial charge in [0.15, 0.2) is 0 Å². The first-order chi connectivity index (χ1) is 11.6. The number of aromatic nitrogens is 1. The molecule has 6 nitrogen and oxygen atoms in total. The predicted molar refractivity (Wildman–Crippen MR) is 92.0 cm³/mol. The molecule has 0 radical (unpaired) electrons. The zero-order valence-electron chi connectivity index (χ0n) is 12.8. The van der Waals surface area contributed by atoms with Crippen LogP contribution in [-0.4, -0.2) is 22.1 Å². The van der Waals surface area contributed by atoms with Crippen molar-refractivity contribution in [2.24, 2.45) is 0 Å².